The molecule has 130 valence electrons. The van der Waals surface area contributed by atoms with Gasteiger partial charge in [0, 0.05) is 4.88 Å². The molecule has 0 saturated carbocycles. The average Bonchev–Trinajstić information content (AvgIpc) is 2.87. The summed E-state index contributed by atoms with van der Waals surface area (Å²) in [6.07, 6.45) is 2.53. The third-order valence-electron chi connectivity index (χ3n) is 3.72. The number of nitriles is 1. The van der Waals surface area contributed by atoms with Crippen LogP contribution in [0.2, 0.25) is 0 Å². The van der Waals surface area contributed by atoms with Crippen LogP contribution in [0, 0.1) is 25.2 Å². The van der Waals surface area contributed by atoms with Gasteiger partial charge in [0.1, 0.15) is 11.1 Å². The Bertz CT molecular complexity index is 834. The van der Waals surface area contributed by atoms with Gasteiger partial charge in [-0.25, -0.2) is 0 Å². The summed E-state index contributed by atoms with van der Waals surface area (Å²) in [5, 5.41) is 12.5. The Balaban J connectivity index is 2.04. The van der Waals surface area contributed by atoms with Crippen molar-refractivity contribution in [2.45, 2.75) is 20.3 Å². The van der Waals surface area contributed by atoms with Gasteiger partial charge in [0.05, 0.1) is 12.7 Å². The molecule has 2 aromatic rings. The number of nitrogens with one attached hydrogen (secondary N) is 1. The Hall–Kier alpha value is -2.78. The first-order valence-electron chi connectivity index (χ1n) is 7.70. The fourth-order valence-corrected chi connectivity index (χ4v) is 3.31. The van der Waals surface area contributed by atoms with E-state index in [1.165, 1.54) is 11.3 Å². The highest BCUT2D eigenvalue weighted by Crippen LogP contribution is 2.32. The van der Waals surface area contributed by atoms with Crippen molar-refractivity contribution in [3.05, 3.63) is 52.4 Å². The van der Waals surface area contributed by atoms with Gasteiger partial charge < -0.3 is 14.8 Å². The summed E-state index contributed by atoms with van der Waals surface area (Å²) in [7, 11) is 1.55. The number of carbonyl (C=O) groups is 1. The lowest BCUT2D eigenvalue weighted by Gasteiger charge is -2.11. The Kier molecular flexibility index (Phi) is 6.20. The van der Waals surface area contributed by atoms with Crippen LogP contribution < -0.4 is 14.8 Å². The summed E-state index contributed by atoms with van der Waals surface area (Å²) in [5.41, 5.74) is 2.44. The lowest BCUT2D eigenvalue weighted by atomic mass is 10.1. The number of amides is 1. The van der Waals surface area contributed by atoms with Crippen LogP contribution in [0.3, 0.4) is 0 Å². The maximum atomic E-state index is 12.2. The van der Waals surface area contributed by atoms with Gasteiger partial charge in [-0.1, -0.05) is 12.1 Å². The van der Waals surface area contributed by atoms with E-state index in [0.717, 1.165) is 22.4 Å². The number of carbonyl (C=O) groups excluding carboxylic acids is 1. The van der Waals surface area contributed by atoms with Crippen molar-refractivity contribution in [1.29, 1.82) is 5.26 Å². The summed E-state index contributed by atoms with van der Waals surface area (Å²) < 4.78 is 10.9. The number of thiophene rings is 1. The fourth-order valence-electron chi connectivity index (χ4n) is 2.28. The van der Waals surface area contributed by atoms with E-state index in [4.69, 9.17) is 9.47 Å². The van der Waals surface area contributed by atoms with E-state index >= 15 is 0 Å². The minimum atomic E-state index is -0.324. The second kappa shape index (κ2) is 8.36. The van der Waals surface area contributed by atoms with Crippen molar-refractivity contribution in [3.8, 4) is 17.6 Å². The minimum absolute atomic E-state index is 0.169. The topological polar surface area (TPSA) is 71.3 Å². The maximum absolute atomic E-state index is 12.2. The molecule has 25 heavy (non-hydrogen) atoms. The van der Waals surface area contributed by atoms with E-state index < -0.39 is 0 Å². The van der Waals surface area contributed by atoms with Crippen molar-refractivity contribution in [1.82, 2.24) is 0 Å². The van der Waals surface area contributed by atoms with Crippen LogP contribution in [-0.2, 0) is 11.2 Å². The molecular weight excluding hydrogens is 336 g/mol. The van der Waals surface area contributed by atoms with Crippen molar-refractivity contribution in [2.75, 3.05) is 19.0 Å². The number of rotatable bonds is 7. The molecular formula is C19H20N2O3S. The normalized spacial score (nSPS) is 10.0. The molecule has 6 heteroatoms. The second-order valence-corrected chi connectivity index (χ2v) is 6.64. The number of methoxy groups -OCH3 is 1. The van der Waals surface area contributed by atoms with Gasteiger partial charge in [0.25, 0.3) is 5.91 Å². The smallest absolute Gasteiger partial charge is 0.262 e. The molecule has 1 amide bonds. The predicted octanol–water partition coefficient (Wildman–Crippen LogP) is 3.99. The molecule has 0 saturated heterocycles. The molecule has 0 aliphatic rings. The lowest BCUT2D eigenvalue weighted by molar-refractivity contribution is -0.118. The van der Waals surface area contributed by atoms with Gasteiger partial charge in [-0.05, 0) is 43.5 Å². The van der Waals surface area contributed by atoms with Crippen molar-refractivity contribution in [3.63, 3.8) is 0 Å². The van der Waals surface area contributed by atoms with E-state index in [1.807, 2.05) is 26.0 Å². The quantitative estimate of drug-likeness (QED) is 0.762. The number of hydrogen-bond acceptors (Lipinski definition) is 5. The van der Waals surface area contributed by atoms with Crippen molar-refractivity contribution in [2.24, 2.45) is 0 Å². The Labute approximate surface area is 151 Å². The molecule has 0 aliphatic heterocycles. The SMILES string of the molecule is C=CCc1ccc(OCC(=O)Nc2sc(C)c(C)c2C#N)c(OC)c1. The zero-order valence-corrected chi connectivity index (χ0v) is 15.3. The molecule has 1 heterocycles. The molecule has 0 spiro atoms. The zero-order chi connectivity index (χ0) is 18.4. The molecule has 0 atom stereocenters. The number of aryl methyl sites for hydroxylation is 1. The zero-order valence-electron chi connectivity index (χ0n) is 14.5. The summed E-state index contributed by atoms with van der Waals surface area (Å²) in [6.45, 7) is 7.33. The van der Waals surface area contributed by atoms with Crippen molar-refractivity contribution >= 4 is 22.2 Å². The third-order valence-corrected chi connectivity index (χ3v) is 4.84. The summed E-state index contributed by atoms with van der Waals surface area (Å²) >= 11 is 1.39. The summed E-state index contributed by atoms with van der Waals surface area (Å²) in [4.78, 5) is 13.2. The average molecular weight is 356 g/mol. The minimum Gasteiger partial charge on any atom is -0.493 e. The number of ether oxygens (including phenoxy) is 2. The predicted molar refractivity (Wildman–Crippen MR) is 99.5 cm³/mol. The number of allylic oxidation sites excluding steroid dienone is 1. The number of benzene rings is 1. The van der Waals surface area contributed by atoms with Gasteiger partial charge in [-0.15, -0.1) is 17.9 Å². The van der Waals surface area contributed by atoms with Crippen molar-refractivity contribution < 1.29 is 14.3 Å². The fraction of sp³-hybridized carbons (Fsp3) is 0.263. The van der Waals surface area contributed by atoms with Crippen LogP contribution in [0.5, 0.6) is 11.5 Å². The second-order valence-electron chi connectivity index (χ2n) is 5.41. The van der Waals surface area contributed by atoms with Crippen LogP contribution in [0.25, 0.3) is 0 Å². The molecule has 0 unspecified atom stereocenters. The molecule has 0 bridgehead atoms. The Morgan fingerprint density at radius 3 is 2.80 bits per heavy atom. The summed E-state index contributed by atoms with van der Waals surface area (Å²) in [5.74, 6) is 0.729. The van der Waals surface area contributed by atoms with Crippen LogP contribution in [-0.4, -0.2) is 19.6 Å². The lowest BCUT2D eigenvalue weighted by Crippen LogP contribution is -2.20. The largest absolute Gasteiger partial charge is 0.493 e. The highest BCUT2D eigenvalue weighted by atomic mass is 32.1. The van der Waals surface area contributed by atoms with Crippen LogP contribution in [0.4, 0.5) is 5.00 Å². The Morgan fingerprint density at radius 1 is 1.40 bits per heavy atom. The first-order chi connectivity index (χ1) is 12.0. The molecule has 2 rings (SSSR count). The van der Waals surface area contributed by atoms with Crippen LogP contribution in [0.1, 0.15) is 21.6 Å². The van der Waals surface area contributed by atoms with E-state index in [0.29, 0.717) is 22.1 Å². The van der Waals surface area contributed by atoms with Crippen LogP contribution >= 0.6 is 11.3 Å². The monoisotopic (exact) mass is 356 g/mol. The first kappa shape index (κ1) is 18.6. The number of anilines is 1. The highest BCUT2D eigenvalue weighted by Gasteiger charge is 2.15. The molecule has 0 radical (unpaired) electrons. The van der Waals surface area contributed by atoms with Gasteiger partial charge >= 0.3 is 0 Å². The van der Waals surface area contributed by atoms with Gasteiger partial charge in [0.15, 0.2) is 18.1 Å². The number of nitrogens with zero attached hydrogens (tertiary/aromatic N) is 1. The van der Waals surface area contributed by atoms with Gasteiger partial charge in [0.2, 0.25) is 0 Å². The third kappa shape index (κ3) is 4.40. The first-order valence-corrected chi connectivity index (χ1v) is 8.52. The highest BCUT2D eigenvalue weighted by molar-refractivity contribution is 7.16. The summed E-state index contributed by atoms with van der Waals surface area (Å²) in [6, 6.07) is 7.65. The molecule has 1 aromatic heterocycles. The standard InChI is InChI=1S/C19H20N2O3S/c1-5-6-14-7-8-16(17(9-14)23-4)24-11-18(22)21-19-15(10-20)12(2)13(3)25-19/h5,7-9H,1,6,11H2,2-4H3,(H,21,22). The molecule has 0 fully saturated rings. The van der Waals surface area contributed by atoms with E-state index in [9.17, 15) is 10.1 Å². The number of hydrogen-bond donors (Lipinski definition) is 1. The van der Waals surface area contributed by atoms with E-state index in [2.05, 4.69) is 18.0 Å². The van der Waals surface area contributed by atoms with Crippen LogP contribution in [0.15, 0.2) is 30.9 Å². The molecule has 0 aliphatic carbocycles. The maximum Gasteiger partial charge on any atom is 0.262 e. The van der Waals surface area contributed by atoms with Gasteiger partial charge in [-0.2, -0.15) is 5.26 Å². The van der Waals surface area contributed by atoms with Gasteiger partial charge in [-0.3, -0.25) is 4.79 Å². The van der Waals surface area contributed by atoms with E-state index in [-0.39, 0.29) is 12.5 Å². The molecule has 1 aromatic carbocycles. The molecule has 5 nitrogen and oxygen atoms in total. The van der Waals surface area contributed by atoms with E-state index in [1.54, 1.807) is 19.3 Å². The Morgan fingerprint density at radius 2 is 2.16 bits per heavy atom. The molecule has 1 N–H and O–H groups in total.